The zero-order valence-electron chi connectivity index (χ0n) is 14.1. The standard InChI is InChI=1S/C21H25N/c1-14(2)10-17-6-5-7-21-19(17)8-9-20(22-21)18-12-15(3)11-16(4)13-18/h6,8-9,11-14H,5,7,10H2,1-4H3. The molecule has 0 bridgehead atoms. The molecular formula is C21H25N. The van der Waals surface area contributed by atoms with Gasteiger partial charge < -0.3 is 0 Å². The van der Waals surface area contributed by atoms with Crippen molar-refractivity contribution in [3.63, 3.8) is 0 Å². The first-order chi connectivity index (χ1) is 10.5. The number of aromatic nitrogens is 1. The van der Waals surface area contributed by atoms with Crippen LogP contribution in [-0.4, -0.2) is 4.98 Å². The Hall–Kier alpha value is -1.89. The summed E-state index contributed by atoms with van der Waals surface area (Å²) in [7, 11) is 0. The minimum absolute atomic E-state index is 0.691. The minimum atomic E-state index is 0.691. The molecule has 0 unspecified atom stereocenters. The monoisotopic (exact) mass is 291 g/mol. The van der Waals surface area contributed by atoms with Gasteiger partial charge in [-0.25, -0.2) is 0 Å². The zero-order valence-corrected chi connectivity index (χ0v) is 14.1. The molecule has 1 aliphatic rings. The van der Waals surface area contributed by atoms with Crippen LogP contribution < -0.4 is 0 Å². The molecule has 0 aliphatic heterocycles. The van der Waals surface area contributed by atoms with E-state index in [4.69, 9.17) is 4.98 Å². The SMILES string of the molecule is Cc1cc(C)cc(-c2ccc3c(n2)CCC=C3CC(C)C)c1. The smallest absolute Gasteiger partial charge is 0.0705 e. The van der Waals surface area contributed by atoms with Crippen LogP contribution in [0.15, 0.2) is 36.4 Å². The Balaban J connectivity index is 1.99. The second-order valence-electron chi connectivity index (χ2n) is 6.93. The highest BCUT2D eigenvalue weighted by Gasteiger charge is 2.16. The molecule has 0 radical (unpaired) electrons. The van der Waals surface area contributed by atoms with Gasteiger partial charge in [-0.1, -0.05) is 43.2 Å². The van der Waals surface area contributed by atoms with Gasteiger partial charge in [0, 0.05) is 11.3 Å². The van der Waals surface area contributed by atoms with Gasteiger partial charge in [0.2, 0.25) is 0 Å². The van der Waals surface area contributed by atoms with Gasteiger partial charge in [0.1, 0.15) is 0 Å². The number of hydrogen-bond donors (Lipinski definition) is 0. The second kappa shape index (κ2) is 6.08. The van der Waals surface area contributed by atoms with Crippen molar-refractivity contribution in [1.29, 1.82) is 0 Å². The molecule has 0 atom stereocenters. The summed E-state index contributed by atoms with van der Waals surface area (Å²) in [6, 6.07) is 11.1. The largest absolute Gasteiger partial charge is 0.252 e. The van der Waals surface area contributed by atoms with Crippen molar-refractivity contribution >= 4 is 5.57 Å². The second-order valence-corrected chi connectivity index (χ2v) is 6.93. The van der Waals surface area contributed by atoms with E-state index in [1.807, 2.05) is 0 Å². The van der Waals surface area contributed by atoms with E-state index in [9.17, 15) is 0 Å². The van der Waals surface area contributed by atoms with Gasteiger partial charge in [0.15, 0.2) is 0 Å². The predicted octanol–water partition coefficient (Wildman–Crippen LogP) is 5.74. The topological polar surface area (TPSA) is 12.9 Å². The van der Waals surface area contributed by atoms with Gasteiger partial charge in [0.05, 0.1) is 5.69 Å². The molecule has 1 nitrogen and oxygen atoms in total. The third-order valence-electron chi connectivity index (χ3n) is 4.24. The number of nitrogens with zero attached hydrogens (tertiary/aromatic N) is 1. The summed E-state index contributed by atoms with van der Waals surface area (Å²) in [5, 5.41) is 0. The van der Waals surface area contributed by atoms with Crippen molar-refractivity contribution in [2.45, 2.75) is 47.0 Å². The van der Waals surface area contributed by atoms with E-state index < -0.39 is 0 Å². The average Bonchev–Trinajstić information content (AvgIpc) is 2.45. The van der Waals surface area contributed by atoms with E-state index >= 15 is 0 Å². The molecule has 0 fully saturated rings. The van der Waals surface area contributed by atoms with Crippen LogP contribution in [0.5, 0.6) is 0 Å². The first kappa shape index (κ1) is 15.0. The molecule has 0 N–H and O–H groups in total. The highest BCUT2D eigenvalue weighted by Crippen LogP contribution is 2.32. The maximum absolute atomic E-state index is 4.98. The molecule has 0 amide bonds. The highest BCUT2D eigenvalue weighted by atomic mass is 14.7. The third-order valence-corrected chi connectivity index (χ3v) is 4.24. The van der Waals surface area contributed by atoms with Crippen LogP contribution in [0.1, 0.15) is 49.1 Å². The van der Waals surface area contributed by atoms with Crippen LogP contribution >= 0.6 is 0 Å². The number of benzene rings is 1. The fraction of sp³-hybridized carbons (Fsp3) is 0.381. The van der Waals surface area contributed by atoms with Crippen LogP contribution in [0.4, 0.5) is 0 Å². The lowest BCUT2D eigenvalue weighted by Gasteiger charge is -2.19. The molecule has 0 saturated carbocycles. The molecule has 0 saturated heterocycles. The molecule has 2 aromatic rings. The van der Waals surface area contributed by atoms with Crippen molar-refractivity contribution in [2.24, 2.45) is 5.92 Å². The van der Waals surface area contributed by atoms with Crippen LogP contribution in [0.2, 0.25) is 0 Å². The number of fused-ring (bicyclic) bond motifs is 1. The van der Waals surface area contributed by atoms with Crippen LogP contribution in [0.3, 0.4) is 0 Å². The summed E-state index contributed by atoms with van der Waals surface area (Å²) >= 11 is 0. The first-order valence-corrected chi connectivity index (χ1v) is 8.31. The van der Waals surface area contributed by atoms with Gasteiger partial charge in [-0.15, -0.1) is 0 Å². The molecule has 1 heterocycles. The molecule has 1 heteroatoms. The number of rotatable bonds is 3. The lowest BCUT2D eigenvalue weighted by Crippen LogP contribution is -2.05. The van der Waals surface area contributed by atoms with E-state index in [1.165, 1.54) is 33.5 Å². The lowest BCUT2D eigenvalue weighted by atomic mass is 9.89. The third kappa shape index (κ3) is 3.14. The Morgan fingerprint density at radius 3 is 2.45 bits per heavy atom. The Kier molecular flexibility index (Phi) is 4.15. The fourth-order valence-electron chi connectivity index (χ4n) is 3.39. The van der Waals surface area contributed by atoms with Gasteiger partial charge in [-0.05, 0) is 68.4 Å². The van der Waals surface area contributed by atoms with Crippen molar-refractivity contribution < 1.29 is 0 Å². The summed E-state index contributed by atoms with van der Waals surface area (Å²) in [4.78, 5) is 4.98. The lowest BCUT2D eigenvalue weighted by molar-refractivity contribution is 0.669. The Morgan fingerprint density at radius 1 is 1.05 bits per heavy atom. The quantitative estimate of drug-likeness (QED) is 0.702. The predicted molar refractivity (Wildman–Crippen MR) is 94.9 cm³/mol. The number of pyridine rings is 1. The van der Waals surface area contributed by atoms with Gasteiger partial charge in [-0.3, -0.25) is 4.98 Å². The number of allylic oxidation sites excluding steroid dienone is 2. The van der Waals surface area contributed by atoms with E-state index in [-0.39, 0.29) is 0 Å². The summed E-state index contributed by atoms with van der Waals surface area (Å²) < 4.78 is 0. The summed E-state index contributed by atoms with van der Waals surface area (Å²) in [5.74, 6) is 0.691. The van der Waals surface area contributed by atoms with Crippen molar-refractivity contribution in [3.05, 3.63) is 58.8 Å². The van der Waals surface area contributed by atoms with E-state index in [0.717, 1.165) is 25.0 Å². The average molecular weight is 291 g/mol. The number of aryl methyl sites for hydroxylation is 3. The van der Waals surface area contributed by atoms with Gasteiger partial charge >= 0.3 is 0 Å². The van der Waals surface area contributed by atoms with Crippen molar-refractivity contribution in [1.82, 2.24) is 4.98 Å². The van der Waals surface area contributed by atoms with E-state index in [2.05, 4.69) is 64.1 Å². The Labute approximate surface area is 134 Å². The Morgan fingerprint density at radius 2 is 1.77 bits per heavy atom. The molecule has 114 valence electrons. The molecule has 22 heavy (non-hydrogen) atoms. The van der Waals surface area contributed by atoms with E-state index in [0.29, 0.717) is 5.92 Å². The van der Waals surface area contributed by atoms with E-state index in [1.54, 1.807) is 0 Å². The summed E-state index contributed by atoms with van der Waals surface area (Å²) in [6.45, 7) is 8.87. The molecule has 1 aromatic carbocycles. The van der Waals surface area contributed by atoms with Crippen LogP contribution in [0, 0.1) is 19.8 Å². The normalized spacial score (nSPS) is 14.0. The fourth-order valence-corrected chi connectivity index (χ4v) is 3.39. The molecule has 0 spiro atoms. The summed E-state index contributed by atoms with van der Waals surface area (Å²) in [6.07, 6.45) is 5.74. The van der Waals surface area contributed by atoms with Crippen LogP contribution in [0.25, 0.3) is 16.8 Å². The minimum Gasteiger partial charge on any atom is -0.252 e. The highest BCUT2D eigenvalue weighted by molar-refractivity contribution is 5.72. The van der Waals surface area contributed by atoms with Crippen LogP contribution in [-0.2, 0) is 6.42 Å². The van der Waals surface area contributed by atoms with Crippen molar-refractivity contribution in [2.75, 3.05) is 0 Å². The zero-order chi connectivity index (χ0) is 15.7. The maximum atomic E-state index is 4.98. The molecule has 1 aromatic heterocycles. The summed E-state index contributed by atoms with van der Waals surface area (Å²) in [5.41, 5.74) is 9.07. The van der Waals surface area contributed by atoms with Gasteiger partial charge in [0.25, 0.3) is 0 Å². The molecular weight excluding hydrogens is 266 g/mol. The number of hydrogen-bond acceptors (Lipinski definition) is 1. The molecule has 3 rings (SSSR count). The maximum Gasteiger partial charge on any atom is 0.0705 e. The molecule has 1 aliphatic carbocycles. The Bertz CT molecular complexity index is 702. The first-order valence-electron chi connectivity index (χ1n) is 8.31. The van der Waals surface area contributed by atoms with Gasteiger partial charge in [-0.2, -0.15) is 0 Å². The van der Waals surface area contributed by atoms with Crippen molar-refractivity contribution in [3.8, 4) is 11.3 Å².